The Bertz CT molecular complexity index is 976. The molecular formula is C21H21Cl2N3O4. The number of anilines is 1. The smallest absolute Gasteiger partial charge is 0.339 e. The Balaban J connectivity index is 1.76. The number of benzene rings is 1. The monoisotopic (exact) mass is 449 g/mol. The predicted molar refractivity (Wildman–Crippen MR) is 114 cm³/mol. The molecule has 30 heavy (non-hydrogen) atoms. The normalized spacial score (nSPS) is 15.7. The van der Waals surface area contributed by atoms with Crippen LogP contribution in [-0.4, -0.2) is 46.9 Å². The van der Waals surface area contributed by atoms with Crippen LogP contribution in [0, 0.1) is 6.92 Å². The summed E-state index contributed by atoms with van der Waals surface area (Å²) in [6.45, 7) is 4.05. The van der Waals surface area contributed by atoms with Crippen molar-refractivity contribution in [2.45, 2.75) is 32.7 Å². The lowest BCUT2D eigenvalue weighted by atomic mass is 10.1. The van der Waals surface area contributed by atoms with E-state index in [4.69, 9.17) is 27.9 Å². The number of aromatic nitrogens is 1. The summed E-state index contributed by atoms with van der Waals surface area (Å²) in [5.41, 5.74) is 1.34. The van der Waals surface area contributed by atoms with Gasteiger partial charge >= 0.3 is 5.97 Å². The number of esters is 1. The standard InChI is InChI=1S/C21H21Cl2N3O4/c1-3-30-21(29)16-6-7-17(24-12(16)2)20(28)26-8-4-5-18(26)19(27)25-15-10-13(22)9-14(23)11-15/h6-7,9-11,18H,3-5,8H2,1-2H3,(H,25,27). The molecule has 1 saturated heterocycles. The minimum Gasteiger partial charge on any atom is -0.462 e. The van der Waals surface area contributed by atoms with E-state index in [9.17, 15) is 14.4 Å². The Morgan fingerprint density at radius 3 is 2.53 bits per heavy atom. The number of amides is 2. The maximum absolute atomic E-state index is 13.0. The number of ether oxygens (including phenoxy) is 1. The summed E-state index contributed by atoms with van der Waals surface area (Å²) >= 11 is 12.0. The van der Waals surface area contributed by atoms with E-state index < -0.39 is 12.0 Å². The van der Waals surface area contributed by atoms with Crippen LogP contribution in [0.4, 0.5) is 5.69 Å². The molecule has 2 heterocycles. The van der Waals surface area contributed by atoms with Crippen molar-refractivity contribution < 1.29 is 19.1 Å². The average molecular weight is 450 g/mol. The van der Waals surface area contributed by atoms with Crippen molar-refractivity contribution in [1.82, 2.24) is 9.88 Å². The van der Waals surface area contributed by atoms with Gasteiger partial charge in [-0.3, -0.25) is 9.59 Å². The number of nitrogens with one attached hydrogen (secondary N) is 1. The van der Waals surface area contributed by atoms with Gasteiger partial charge in [-0.25, -0.2) is 9.78 Å². The number of aryl methyl sites for hydroxylation is 1. The molecule has 1 aliphatic heterocycles. The van der Waals surface area contributed by atoms with Crippen molar-refractivity contribution in [3.63, 3.8) is 0 Å². The minimum atomic E-state index is -0.637. The van der Waals surface area contributed by atoms with Gasteiger partial charge in [0.05, 0.1) is 17.9 Å². The van der Waals surface area contributed by atoms with Crippen molar-refractivity contribution in [1.29, 1.82) is 0 Å². The number of pyridine rings is 1. The second-order valence-electron chi connectivity index (χ2n) is 6.85. The highest BCUT2D eigenvalue weighted by atomic mass is 35.5. The van der Waals surface area contributed by atoms with Crippen LogP contribution in [0.3, 0.4) is 0 Å². The van der Waals surface area contributed by atoms with Crippen molar-refractivity contribution in [3.05, 3.63) is 57.3 Å². The molecule has 1 unspecified atom stereocenters. The summed E-state index contributed by atoms with van der Waals surface area (Å²) in [7, 11) is 0. The van der Waals surface area contributed by atoms with Gasteiger partial charge in [0.2, 0.25) is 5.91 Å². The Morgan fingerprint density at radius 1 is 1.20 bits per heavy atom. The summed E-state index contributed by atoms with van der Waals surface area (Å²) in [6, 6.07) is 7.11. The molecule has 1 aromatic carbocycles. The molecule has 2 amide bonds. The maximum atomic E-state index is 13.0. The number of hydrogen-bond donors (Lipinski definition) is 1. The molecule has 1 aliphatic rings. The quantitative estimate of drug-likeness (QED) is 0.693. The van der Waals surface area contributed by atoms with Crippen molar-refractivity contribution in [2.24, 2.45) is 0 Å². The zero-order valence-corrected chi connectivity index (χ0v) is 18.1. The van der Waals surface area contributed by atoms with Gasteiger partial charge in [-0.1, -0.05) is 23.2 Å². The largest absolute Gasteiger partial charge is 0.462 e. The molecule has 0 radical (unpaired) electrons. The molecule has 1 fully saturated rings. The molecule has 0 saturated carbocycles. The van der Waals surface area contributed by atoms with E-state index in [1.165, 1.54) is 17.0 Å². The first kappa shape index (κ1) is 22.1. The molecular weight excluding hydrogens is 429 g/mol. The second kappa shape index (κ2) is 9.45. The SMILES string of the molecule is CCOC(=O)c1ccc(C(=O)N2CCCC2C(=O)Nc2cc(Cl)cc(Cl)c2)nc1C. The van der Waals surface area contributed by atoms with Crippen LogP contribution in [0.25, 0.3) is 0 Å². The molecule has 2 aromatic rings. The molecule has 158 valence electrons. The number of halogens is 2. The highest BCUT2D eigenvalue weighted by Gasteiger charge is 2.35. The van der Waals surface area contributed by atoms with Gasteiger partial charge in [0, 0.05) is 22.3 Å². The third kappa shape index (κ3) is 4.91. The topological polar surface area (TPSA) is 88.6 Å². The number of carbonyl (C=O) groups excluding carboxylic acids is 3. The lowest BCUT2D eigenvalue weighted by molar-refractivity contribution is -0.119. The van der Waals surface area contributed by atoms with Gasteiger partial charge in [-0.15, -0.1) is 0 Å². The van der Waals surface area contributed by atoms with Gasteiger partial charge in [-0.2, -0.15) is 0 Å². The molecule has 0 bridgehead atoms. The van der Waals surface area contributed by atoms with Crippen molar-refractivity contribution in [3.8, 4) is 0 Å². The summed E-state index contributed by atoms with van der Waals surface area (Å²) in [5.74, 6) is -1.17. The molecule has 1 N–H and O–H groups in total. The number of nitrogens with zero attached hydrogens (tertiary/aromatic N) is 2. The molecule has 0 aliphatic carbocycles. The zero-order chi connectivity index (χ0) is 21.8. The Hall–Kier alpha value is -2.64. The molecule has 3 rings (SSSR count). The number of carbonyl (C=O) groups is 3. The number of likely N-dealkylation sites (tertiary alicyclic amines) is 1. The first-order chi connectivity index (χ1) is 14.3. The lowest BCUT2D eigenvalue weighted by Gasteiger charge is -2.24. The average Bonchev–Trinajstić information content (AvgIpc) is 3.16. The van der Waals surface area contributed by atoms with Crippen molar-refractivity contribution in [2.75, 3.05) is 18.5 Å². The minimum absolute atomic E-state index is 0.172. The van der Waals surface area contributed by atoms with E-state index in [1.807, 2.05) is 0 Å². The third-order valence-corrected chi connectivity index (χ3v) is 5.18. The highest BCUT2D eigenvalue weighted by Crippen LogP contribution is 2.25. The van der Waals surface area contributed by atoms with E-state index in [0.29, 0.717) is 46.4 Å². The maximum Gasteiger partial charge on any atom is 0.339 e. The van der Waals surface area contributed by atoms with Crippen LogP contribution in [0.1, 0.15) is 46.3 Å². The van der Waals surface area contributed by atoms with Crippen LogP contribution in [0.2, 0.25) is 10.0 Å². The summed E-state index contributed by atoms with van der Waals surface area (Å²) in [5, 5.41) is 3.57. The summed E-state index contributed by atoms with van der Waals surface area (Å²) in [6.07, 6.45) is 1.23. The fourth-order valence-corrected chi connectivity index (χ4v) is 3.91. The zero-order valence-electron chi connectivity index (χ0n) is 16.6. The highest BCUT2D eigenvalue weighted by molar-refractivity contribution is 6.35. The summed E-state index contributed by atoms with van der Waals surface area (Å²) in [4.78, 5) is 43.5. The van der Waals surface area contributed by atoms with Crippen LogP contribution < -0.4 is 5.32 Å². The first-order valence-electron chi connectivity index (χ1n) is 9.53. The fourth-order valence-electron chi connectivity index (χ4n) is 3.39. The molecule has 7 nitrogen and oxygen atoms in total. The number of rotatable bonds is 5. The third-order valence-electron chi connectivity index (χ3n) is 4.75. The predicted octanol–water partition coefficient (Wildman–Crippen LogP) is 4.12. The molecule has 1 aromatic heterocycles. The van der Waals surface area contributed by atoms with Crippen LogP contribution in [0.15, 0.2) is 30.3 Å². The van der Waals surface area contributed by atoms with E-state index in [0.717, 1.165) is 0 Å². The Kier molecular flexibility index (Phi) is 6.95. The number of hydrogen-bond acceptors (Lipinski definition) is 5. The fraction of sp³-hybridized carbons (Fsp3) is 0.333. The Morgan fingerprint density at radius 2 is 1.90 bits per heavy atom. The van der Waals surface area contributed by atoms with Gasteiger partial charge in [0.15, 0.2) is 0 Å². The first-order valence-corrected chi connectivity index (χ1v) is 10.3. The van der Waals surface area contributed by atoms with Crippen molar-refractivity contribution >= 4 is 46.7 Å². The molecule has 9 heteroatoms. The van der Waals surface area contributed by atoms with Gasteiger partial charge in [0.25, 0.3) is 5.91 Å². The van der Waals surface area contributed by atoms with Gasteiger partial charge < -0.3 is 15.0 Å². The lowest BCUT2D eigenvalue weighted by Crippen LogP contribution is -2.43. The van der Waals surface area contributed by atoms with Crippen LogP contribution >= 0.6 is 23.2 Å². The summed E-state index contributed by atoms with van der Waals surface area (Å²) < 4.78 is 4.98. The van der Waals surface area contributed by atoms with Crippen LogP contribution in [0.5, 0.6) is 0 Å². The van der Waals surface area contributed by atoms with E-state index in [-0.39, 0.29) is 24.1 Å². The second-order valence-corrected chi connectivity index (χ2v) is 7.73. The van der Waals surface area contributed by atoms with E-state index in [2.05, 4.69) is 10.3 Å². The molecule has 1 atom stereocenters. The van der Waals surface area contributed by atoms with Gasteiger partial charge in [-0.05, 0) is 57.0 Å². The van der Waals surface area contributed by atoms with E-state index >= 15 is 0 Å². The van der Waals surface area contributed by atoms with Gasteiger partial charge in [0.1, 0.15) is 11.7 Å². The Labute approximate surface area is 184 Å². The van der Waals surface area contributed by atoms with Crippen LogP contribution in [-0.2, 0) is 9.53 Å². The molecule has 0 spiro atoms. The van der Waals surface area contributed by atoms with E-state index in [1.54, 1.807) is 32.0 Å².